The van der Waals surface area contributed by atoms with Gasteiger partial charge in [-0.2, -0.15) is 5.26 Å². The van der Waals surface area contributed by atoms with Gasteiger partial charge in [-0.1, -0.05) is 35.9 Å². The predicted octanol–water partition coefficient (Wildman–Crippen LogP) is 3.30. The molecule has 8 heteroatoms. The number of carbonyl (C=O) groups excluding carboxylic acids is 2. The van der Waals surface area contributed by atoms with E-state index in [2.05, 4.69) is 5.32 Å². The smallest absolute Gasteiger partial charge is 0.241 e. The number of nitriles is 1. The van der Waals surface area contributed by atoms with Crippen molar-refractivity contribution in [3.63, 3.8) is 0 Å². The molecular weight excluding hydrogens is 383 g/mol. The number of nitrogens with one attached hydrogen (secondary N) is 1. The van der Waals surface area contributed by atoms with Crippen LogP contribution in [0.15, 0.2) is 48.5 Å². The van der Waals surface area contributed by atoms with Crippen LogP contribution < -0.4 is 10.2 Å². The summed E-state index contributed by atoms with van der Waals surface area (Å²) in [6.07, 6.45) is 0.0663. The minimum Gasteiger partial charge on any atom is -0.324 e. The average Bonchev–Trinajstić information content (AvgIpc) is 2.65. The molecule has 2 aromatic rings. The van der Waals surface area contributed by atoms with Crippen molar-refractivity contribution in [1.82, 2.24) is 4.90 Å². The fraction of sp³-hybridized carbons (Fsp3) is 0.250. The molecule has 2 aromatic carbocycles. The number of amides is 2. The van der Waals surface area contributed by atoms with Gasteiger partial charge >= 0.3 is 0 Å². The van der Waals surface area contributed by atoms with Crippen LogP contribution in [0.1, 0.15) is 6.42 Å². The second-order valence-corrected chi connectivity index (χ2v) is 6.51. The second-order valence-electron chi connectivity index (χ2n) is 6.11. The normalized spacial score (nSPS) is 10.4. The molecule has 2 rings (SSSR count). The van der Waals surface area contributed by atoms with E-state index in [0.29, 0.717) is 10.7 Å². The van der Waals surface area contributed by atoms with E-state index in [1.165, 1.54) is 28.0 Å². The first-order valence-corrected chi connectivity index (χ1v) is 8.95. The molecule has 0 heterocycles. The summed E-state index contributed by atoms with van der Waals surface area (Å²) in [6, 6.07) is 14.7. The topological polar surface area (TPSA) is 76.4 Å². The summed E-state index contributed by atoms with van der Waals surface area (Å²) in [4.78, 5) is 27.6. The molecule has 0 aliphatic heterocycles. The fourth-order valence-corrected chi connectivity index (χ4v) is 2.76. The molecule has 2 amide bonds. The number of carbonyl (C=O) groups is 2. The van der Waals surface area contributed by atoms with Crippen molar-refractivity contribution in [3.8, 4) is 6.07 Å². The largest absolute Gasteiger partial charge is 0.324 e. The highest BCUT2D eigenvalue weighted by molar-refractivity contribution is 6.33. The van der Waals surface area contributed by atoms with E-state index in [9.17, 15) is 14.0 Å². The molecule has 0 saturated heterocycles. The Bertz CT molecular complexity index is 885. The molecule has 0 atom stereocenters. The SMILES string of the molecule is CN(CC(=O)Nc1ccccc1Cl)CC(=O)N(CCC#N)c1ccccc1F. The highest BCUT2D eigenvalue weighted by atomic mass is 35.5. The summed E-state index contributed by atoms with van der Waals surface area (Å²) < 4.78 is 14.1. The Morgan fingerprint density at radius 2 is 1.82 bits per heavy atom. The van der Waals surface area contributed by atoms with E-state index in [1.807, 2.05) is 6.07 Å². The molecule has 28 heavy (non-hydrogen) atoms. The number of rotatable bonds is 8. The van der Waals surface area contributed by atoms with Crippen LogP contribution in [0.4, 0.5) is 15.8 Å². The Morgan fingerprint density at radius 1 is 1.14 bits per heavy atom. The molecule has 0 aromatic heterocycles. The molecule has 0 unspecified atom stereocenters. The summed E-state index contributed by atoms with van der Waals surface area (Å²) in [7, 11) is 1.61. The van der Waals surface area contributed by atoms with Crippen LogP contribution in [0.3, 0.4) is 0 Å². The van der Waals surface area contributed by atoms with Gasteiger partial charge in [0.2, 0.25) is 11.8 Å². The summed E-state index contributed by atoms with van der Waals surface area (Å²) in [5.41, 5.74) is 0.590. The Hall–Kier alpha value is -2.95. The number of halogens is 2. The first kappa shape index (κ1) is 21.4. The Balaban J connectivity index is 2.00. The van der Waals surface area contributed by atoms with Crippen LogP contribution in [0.2, 0.25) is 5.02 Å². The van der Waals surface area contributed by atoms with Gasteiger partial charge < -0.3 is 10.2 Å². The van der Waals surface area contributed by atoms with Gasteiger partial charge in [-0.15, -0.1) is 0 Å². The van der Waals surface area contributed by atoms with Gasteiger partial charge in [-0.3, -0.25) is 14.5 Å². The number of hydrogen-bond donors (Lipinski definition) is 1. The van der Waals surface area contributed by atoms with Crippen molar-refractivity contribution in [3.05, 3.63) is 59.4 Å². The van der Waals surface area contributed by atoms with Crippen molar-refractivity contribution in [1.29, 1.82) is 5.26 Å². The highest BCUT2D eigenvalue weighted by Crippen LogP contribution is 2.21. The van der Waals surface area contributed by atoms with Crippen LogP contribution >= 0.6 is 11.6 Å². The predicted molar refractivity (Wildman–Crippen MR) is 107 cm³/mol. The third kappa shape index (κ3) is 6.05. The van der Waals surface area contributed by atoms with Crippen LogP contribution in [0.5, 0.6) is 0 Å². The standard InChI is InChI=1S/C20H20ClFN4O2/c1-25(13-19(27)24-17-9-4-2-7-15(17)21)14-20(28)26(12-6-11-23)18-10-5-3-8-16(18)22/h2-5,7-10H,6,12-14H2,1H3,(H,24,27). The molecule has 0 radical (unpaired) electrons. The zero-order valence-corrected chi connectivity index (χ0v) is 16.1. The number of para-hydroxylation sites is 2. The second kappa shape index (κ2) is 10.4. The number of anilines is 2. The average molecular weight is 403 g/mol. The number of benzene rings is 2. The van der Waals surface area contributed by atoms with Crippen LogP contribution in [0.25, 0.3) is 0 Å². The maximum absolute atomic E-state index is 14.1. The highest BCUT2D eigenvalue weighted by Gasteiger charge is 2.21. The minimum atomic E-state index is -0.548. The van der Waals surface area contributed by atoms with Crippen molar-refractivity contribution in [2.24, 2.45) is 0 Å². The monoisotopic (exact) mass is 402 g/mol. The van der Waals surface area contributed by atoms with Gasteiger partial charge in [0.1, 0.15) is 5.82 Å². The molecule has 1 N–H and O–H groups in total. The third-order valence-electron chi connectivity index (χ3n) is 3.86. The summed E-state index contributed by atoms with van der Waals surface area (Å²) in [5, 5.41) is 11.9. The number of likely N-dealkylation sites (N-methyl/N-ethyl adjacent to an activating group) is 1. The van der Waals surface area contributed by atoms with E-state index < -0.39 is 11.7 Å². The van der Waals surface area contributed by atoms with Crippen LogP contribution in [-0.4, -0.2) is 43.4 Å². The minimum absolute atomic E-state index is 0.0552. The van der Waals surface area contributed by atoms with Gasteiger partial charge in [0.25, 0.3) is 0 Å². The van der Waals surface area contributed by atoms with Gasteiger partial charge in [-0.25, -0.2) is 4.39 Å². The van der Waals surface area contributed by atoms with Crippen molar-refractivity contribution in [2.45, 2.75) is 6.42 Å². The first-order chi connectivity index (χ1) is 13.4. The fourth-order valence-electron chi connectivity index (χ4n) is 2.58. The third-order valence-corrected chi connectivity index (χ3v) is 4.19. The molecule has 0 spiro atoms. The van der Waals surface area contributed by atoms with Crippen molar-refractivity contribution < 1.29 is 14.0 Å². The van der Waals surface area contributed by atoms with E-state index in [4.69, 9.17) is 16.9 Å². The molecule has 146 valence electrons. The zero-order valence-electron chi connectivity index (χ0n) is 15.4. The molecule has 0 aliphatic carbocycles. The summed E-state index contributed by atoms with van der Waals surface area (Å²) in [5.74, 6) is -1.29. The van der Waals surface area contributed by atoms with Gasteiger partial charge in [0.05, 0.1) is 42.0 Å². The number of hydrogen-bond acceptors (Lipinski definition) is 4. The molecule has 0 bridgehead atoms. The Kier molecular flexibility index (Phi) is 7.93. The van der Waals surface area contributed by atoms with Crippen molar-refractivity contribution in [2.75, 3.05) is 36.9 Å². The van der Waals surface area contributed by atoms with E-state index in [0.717, 1.165) is 0 Å². The lowest BCUT2D eigenvalue weighted by Crippen LogP contribution is -2.42. The van der Waals surface area contributed by atoms with Gasteiger partial charge in [0, 0.05) is 6.54 Å². The lowest BCUT2D eigenvalue weighted by molar-refractivity contribution is -0.121. The number of nitrogens with zero attached hydrogens (tertiary/aromatic N) is 3. The lowest BCUT2D eigenvalue weighted by atomic mass is 10.2. The quantitative estimate of drug-likeness (QED) is 0.735. The van der Waals surface area contributed by atoms with E-state index >= 15 is 0 Å². The van der Waals surface area contributed by atoms with Crippen LogP contribution in [-0.2, 0) is 9.59 Å². The molecular formula is C20H20ClFN4O2. The molecule has 0 aliphatic rings. The Morgan fingerprint density at radius 3 is 2.50 bits per heavy atom. The molecule has 0 saturated carbocycles. The lowest BCUT2D eigenvalue weighted by Gasteiger charge is -2.25. The zero-order chi connectivity index (χ0) is 20.5. The summed E-state index contributed by atoms with van der Waals surface area (Å²) in [6.45, 7) is -0.105. The first-order valence-electron chi connectivity index (χ1n) is 8.57. The van der Waals surface area contributed by atoms with Gasteiger partial charge in [-0.05, 0) is 31.3 Å². The summed E-state index contributed by atoms with van der Waals surface area (Å²) >= 11 is 6.01. The van der Waals surface area contributed by atoms with E-state index in [-0.39, 0.29) is 37.6 Å². The van der Waals surface area contributed by atoms with Crippen molar-refractivity contribution >= 4 is 34.8 Å². The maximum Gasteiger partial charge on any atom is 0.241 e. The van der Waals surface area contributed by atoms with E-state index in [1.54, 1.807) is 37.4 Å². The van der Waals surface area contributed by atoms with Gasteiger partial charge in [0.15, 0.2) is 0 Å². The molecule has 0 fully saturated rings. The van der Waals surface area contributed by atoms with Crippen LogP contribution in [0, 0.1) is 17.1 Å². The Labute approximate surface area is 168 Å². The molecule has 6 nitrogen and oxygen atoms in total. The maximum atomic E-state index is 14.1.